The third-order valence-corrected chi connectivity index (χ3v) is 6.13. The minimum absolute atomic E-state index is 0.0265. The Bertz CT molecular complexity index is 474. The Morgan fingerprint density at radius 3 is 2.60 bits per heavy atom. The average Bonchev–Trinajstić information content (AvgIpc) is 2.59. The van der Waals surface area contributed by atoms with Gasteiger partial charge in [0.15, 0.2) is 5.78 Å². The zero-order valence-electron chi connectivity index (χ0n) is 16.3. The van der Waals surface area contributed by atoms with Crippen LogP contribution in [0.3, 0.4) is 0 Å². The third kappa shape index (κ3) is 7.43. The highest BCUT2D eigenvalue weighted by Crippen LogP contribution is 2.34. The molecular formula is C20H35NO3S. The van der Waals surface area contributed by atoms with Crippen LogP contribution in [0.4, 0.5) is 0 Å². The number of nitrogens with zero attached hydrogens (tertiary/aromatic N) is 1. The second kappa shape index (κ2) is 12.4. The number of carbonyl (C=O) groups is 1. The van der Waals surface area contributed by atoms with E-state index in [1.807, 2.05) is 18.7 Å². The molecule has 0 radical (unpaired) electrons. The lowest BCUT2D eigenvalue weighted by molar-refractivity contribution is -0.116. The molecule has 0 spiro atoms. The molecule has 0 aliphatic heterocycles. The fourth-order valence-electron chi connectivity index (χ4n) is 3.18. The normalized spacial score (nSPS) is 20.1. The molecule has 0 aromatic heterocycles. The first-order valence-electron chi connectivity index (χ1n) is 9.83. The number of ketones is 1. The van der Waals surface area contributed by atoms with Crippen LogP contribution in [-0.2, 0) is 9.63 Å². The molecule has 25 heavy (non-hydrogen) atoms. The number of thioether (sulfide) groups is 1. The van der Waals surface area contributed by atoms with Crippen LogP contribution in [0, 0.1) is 5.92 Å². The van der Waals surface area contributed by atoms with Crippen LogP contribution in [0.25, 0.3) is 0 Å². The van der Waals surface area contributed by atoms with Crippen LogP contribution in [-0.4, -0.2) is 34.2 Å². The minimum atomic E-state index is 0.0265. The van der Waals surface area contributed by atoms with Gasteiger partial charge in [0, 0.05) is 18.1 Å². The standard InChI is InChI=1S/C20H35NO3S/c1-5-9-10-17(21-24-8-4)20-18(22)13-15(14-19(20)23)12-16(7-3)25-11-6-2/h15-16,22H,5-14H2,1-4H3/b21-17+. The molecular weight excluding hydrogens is 334 g/mol. The predicted molar refractivity (Wildman–Crippen MR) is 107 cm³/mol. The van der Waals surface area contributed by atoms with Gasteiger partial charge in [-0.2, -0.15) is 11.8 Å². The fourth-order valence-corrected chi connectivity index (χ4v) is 4.39. The lowest BCUT2D eigenvalue weighted by Gasteiger charge is -2.27. The van der Waals surface area contributed by atoms with Crippen molar-refractivity contribution in [2.75, 3.05) is 12.4 Å². The number of hydrogen-bond donors (Lipinski definition) is 1. The van der Waals surface area contributed by atoms with Crippen molar-refractivity contribution in [3.63, 3.8) is 0 Å². The van der Waals surface area contributed by atoms with Crippen LogP contribution >= 0.6 is 11.8 Å². The van der Waals surface area contributed by atoms with Crippen molar-refractivity contribution in [2.45, 2.75) is 84.3 Å². The molecule has 0 amide bonds. The molecule has 2 unspecified atom stereocenters. The maximum Gasteiger partial charge on any atom is 0.168 e. The number of aliphatic hydroxyl groups is 1. The number of oxime groups is 1. The Hall–Kier alpha value is -0.970. The summed E-state index contributed by atoms with van der Waals surface area (Å²) in [4.78, 5) is 17.9. The zero-order chi connectivity index (χ0) is 18.7. The first-order chi connectivity index (χ1) is 12.1. The van der Waals surface area contributed by atoms with Crippen molar-refractivity contribution >= 4 is 23.3 Å². The molecule has 1 aliphatic carbocycles. The Kier molecular flexibility index (Phi) is 10.9. The summed E-state index contributed by atoms with van der Waals surface area (Å²) < 4.78 is 0. The molecule has 4 nitrogen and oxygen atoms in total. The Morgan fingerprint density at radius 2 is 2.04 bits per heavy atom. The van der Waals surface area contributed by atoms with Gasteiger partial charge in [0.05, 0.1) is 11.3 Å². The van der Waals surface area contributed by atoms with Crippen molar-refractivity contribution in [3.8, 4) is 0 Å². The van der Waals surface area contributed by atoms with Gasteiger partial charge in [-0.05, 0) is 50.7 Å². The van der Waals surface area contributed by atoms with Crippen LogP contribution in [0.5, 0.6) is 0 Å². The first kappa shape index (κ1) is 22.1. The van der Waals surface area contributed by atoms with E-state index in [1.54, 1.807) is 0 Å². The van der Waals surface area contributed by atoms with Gasteiger partial charge in [-0.25, -0.2) is 0 Å². The van der Waals surface area contributed by atoms with Crippen molar-refractivity contribution < 1.29 is 14.7 Å². The summed E-state index contributed by atoms with van der Waals surface area (Å²) in [5, 5.41) is 15.2. The zero-order valence-corrected chi connectivity index (χ0v) is 17.2. The van der Waals surface area contributed by atoms with Gasteiger partial charge >= 0.3 is 0 Å². The van der Waals surface area contributed by atoms with E-state index >= 15 is 0 Å². The Balaban J connectivity index is 2.84. The van der Waals surface area contributed by atoms with Gasteiger partial charge in [0.1, 0.15) is 12.4 Å². The highest BCUT2D eigenvalue weighted by molar-refractivity contribution is 7.99. The van der Waals surface area contributed by atoms with Crippen molar-refractivity contribution in [2.24, 2.45) is 11.1 Å². The number of carbonyl (C=O) groups excluding carboxylic acids is 1. The van der Waals surface area contributed by atoms with E-state index in [0.717, 1.165) is 31.4 Å². The largest absolute Gasteiger partial charge is 0.511 e. The maximum atomic E-state index is 12.7. The number of hydrogen-bond acceptors (Lipinski definition) is 5. The van der Waals surface area contributed by atoms with Crippen molar-refractivity contribution in [1.82, 2.24) is 0 Å². The summed E-state index contributed by atoms with van der Waals surface area (Å²) in [6.45, 7) is 8.83. The smallest absolute Gasteiger partial charge is 0.168 e. The summed E-state index contributed by atoms with van der Waals surface area (Å²) in [5.74, 6) is 1.64. The summed E-state index contributed by atoms with van der Waals surface area (Å²) in [7, 11) is 0. The number of allylic oxidation sites excluding steroid dienone is 2. The van der Waals surface area contributed by atoms with Crippen molar-refractivity contribution in [3.05, 3.63) is 11.3 Å². The summed E-state index contributed by atoms with van der Waals surface area (Å²) in [6.07, 6.45) is 7.01. The quantitative estimate of drug-likeness (QED) is 0.355. The topological polar surface area (TPSA) is 58.9 Å². The SMILES string of the molecule is CCCC/C(=N\OCC)C1=C(O)CC(CC(CC)SCCC)CC1=O. The summed E-state index contributed by atoms with van der Waals surface area (Å²) in [5.41, 5.74) is 1.05. The molecule has 1 rings (SSSR count). The van der Waals surface area contributed by atoms with Crippen LogP contribution in [0.1, 0.15) is 79.1 Å². The maximum absolute atomic E-state index is 12.7. The monoisotopic (exact) mass is 369 g/mol. The molecule has 5 heteroatoms. The molecule has 0 bridgehead atoms. The molecule has 0 heterocycles. The van der Waals surface area contributed by atoms with Crippen LogP contribution in [0.15, 0.2) is 16.5 Å². The molecule has 1 aliphatic rings. The summed E-state index contributed by atoms with van der Waals surface area (Å²) in [6, 6.07) is 0. The summed E-state index contributed by atoms with van der Waals surface area (Å²) >= 11 is 1.99. The predicted octanol–water partition coefficient (Wildman–Crippen LogP) is 5.67. The lowest BCUT2D eigenvalue weighted by atomic mass is 9.82. The van der Waals surface area contributed by atoms with Crippen LogP contribution < -0.4 is 0 Å². The fraction of sp³-hybridized carbons (Fsp3) is 0.800. The second-order valence-corrected chi connectivity index (χ2v) is 8.12. The Morgan fingerprint density at radius 1 is 1.28 bits per heavy atom. The van der Waals surface area contributed by atoms with E-state index in [0.29, 0.717) is 42.4 Å². The van der Waals surface area contributed by atoms with Crippen LogP contribution in [0.2, 0.25) is 0 Å². The van der Waals surface area contributed by atoms with Gasteiger partial charge < -0.3 is 9.94 Å². The lowest BCUT2D eigenvalue weighted by Crippen LogP contribution is -2.26. The van der Waals surface area contributed by atoms with E-state index in [4.69, 9.17) is 4.84 Å². The molecule has 0 saturated heterocycles. The average molecular weight is 370 g/mol. The van der Waals surface area contributed by atoms with E-state index < -0.39 is 0 Å². The van der Waals surface area contributed by atoms with Gasteiger partial charge in [-0.15, -0.1) is 0 Å². The number of unbranched alkanes of at least 4 members (excludes halogenated alkanes) is 1. The highest BCUT2D eigenvalue weighted by atomic mass is 32.2. The molecule has 144 valence electrons. The van der Waals surface area contributed by atoms with E-state index in [-0.39, 0.29) is 17.5 Å². The number of rotatable bonds is 12. The van der Waals surface area contributed by atoms with E-state index in [9.17, 15) is 9.90 Å². The van der Waals surface area contributed by atoms with E-state index in [1.165, 1.54) is 6.42 Å². The van der Waals surface area contributed by atoms with Gasteiger partial charge in [0.2, 0.25) is 0 Å². The molecule has 0 fully saturated rings. The van der Waals surface area contributed by atoms with Gasteiger partial charge in [-0.1, -0.05) is 32.3 Å². The first-order valence-corrected chi connectivity index (χ1v) is 10.9. The Labute approximate surface area is 157 Å². The van der Waals surface area contributed by atoms with Crippen molar-refractivity contribution in [1.29, 1.82) is 0 Å². The molecule has 0 aromatic rings. The third-order valence-electron chi connectivity index (χ3n) is 4.49. The second-order valence-electron chi connectivity index (χ2n) is 6.72. The van der Waals surface area contributed by atoms with Gasteiger partial charge in [-0.3, -0.25) is 4.79 Å². The molecule has 0 saturated carbocycles. The highest BCUT2D eigenvalue weighted by Gasteiger charge is 2.31. The van der Waals surface area contributed by atoms with E-state index in [2.05, 4.69) is 25.9 Å². The minimum Gasteiger partial charge on any atom is -0.511 e. The molecule has 0 aromatic carbocycles. The molecule has 1 N–H and O–H groups in total. The van der Waals surface area contributed by atoms with Gasteiger partial charge in [0.25, 0.3) is 0 Å². The number of Topliss-reactive ketones (excluding diaryl/α,β-unsaturated/α-hetero) is 1. The molecule has 2 atom stereocenters. The number of aliphatic hydroxyl groups excluding tert-OH is 1.